The van der Waals surface area contributed by atoms with Gasteiger partial charge in [-0.1, -0.05) is 18.2 Å². The van der Waals surface area contributed by atoms with Crippen LogP contribution in [0.5, 0.6) is 0 Å². The summed E-state index contributed by atoms with van der Waals surface area (Å²) in [5.74, 6) is -0.846. The van der Waals surface area contributed by atoms with Gasteiger partial charge in [0.25, 0.3) is 11.5 Å². The number of aryl methyl sites for hydroxylation is 2. The van der Waals surface area contributed by atoms with Crippen LogP contribution in [-0.2, 0) is 22.5 Å². The van der Waals surface area contributed by atoms with Gasteiger partial charge in [0.15, 0.2) is 6.10 Å². The van der Waals surface area contributed by atoms with Gasteiger partial charge in [-0.15, -0.1) is 0 Å². The van der Waals surface area contributed by atoms with Crippen LogP contribution in [-0.4, -0.2) is 34.1 Å². The first-order chi connectivity index (χ1) is 14.4. The highest BCUT2D eigenvalue weighted by atomic mass is 16.5. The van der Waals surface area contributed by atoms with Crippen molar-refractivity contribution in [3.63, 3.8) is 0 Å². The third-order valence-electron chi connectivity index (χ3n) is 5.45. The van der Waals surface area contributed by atoms with Crippen LogP contribution in [0.15, 0.2) is 47.3 Å². The van der Waals surface area contributed by atoms with E-state index < -0.39 is 12.1 Å². The second kappa shape index (κ2) is 7.74. The summed E-state index contributed by atoms with van der Waals surface area (Å²) in [4.78, 5) is 43.7. The van der Waals surface area contributed by atoms with Crippen molar-refractivity contribution < 1.29 is 14.3 Å². The van der Waals surface area contributed by atoms with E-state index in [9.17, 15) is 14.4 Å². The zero-order valence-electron chi connectivity index (χ0n) is 17.2. The van der Waals surface area contributed by atoms with E-state index in [2.05, 4.69) is 4.98 Å². The number of hydrogen-bond donors (Lipinski definition) is 0. The first kappa shape index (κ1) is 19.8. The number of benzene rings is 2. The summed E-state index contributed by atoms with van der Waals surface area (Å²) in [5.41, 5.74) is 3.68. The molecule has 0 saturated heterocycles. The summed E-state index contributed by atoms with van der Waals surface area (Å²) >= 11 is 0. The molecule has 0 saturated carbocycles. The van der Waals surface area contributed by atoms with Crippen LogP contribution in [0.4, 0.5) is 5.69 Å². The smallest absolute Gasteiger partial charge is 0.338 e. The molecule has 0 spiro atoms. The van der Waals surface area contributed by atoms with Crippen molar-refractivity contribution >= 4 is 28.6 Å². The molecule has 30 heavy (non-hydrogen) atoms. The number of nitrogens with zero attached hydrogens (tertiary/aromatic N) is 3. The van der Waals surface area contributed by atoms with Gasteiger partial charge in [0, 0.05) is 18.8 Å². The molecule has 1 aliphatic rings. The van der Waals surface area contributed by atoms with E-state index >= 15 is 0 Å². The molecule has 4 rings (SSSR count). The van der Waals surface area contributed by atoms with Gasteiger partial charge in [-0.25, -0.2) is 9.78 Å². The fourth-order valence-corrected chi connectivity index (χ4v) is 3.88. The van der Waals surface area contributed by atoms with Crippen LogP contribution in [0.1, 0.15) is 35.5 Å². The summed E-state index contributed by atoms with van der Waals surface area (Å²) in [6.07, 6.45) is -0.129. The van der Waals surface area contributed by atoms with E-state index in [0.717, 1.165) is 17.7 Å². The minimum Gasteiger partial charge on any atom is -0.449 e. The largest absolute Gasteiger partial charge is 0.449 e. The van der Waals surface area contributed by atoms with E-state index in [1.165, 1.54) is 0 Å². The quantitative estimate of drug-likeness (QED) is 0.624. The van der Waals surface area contributed by atoms with Gasteiger partial charge in [-0.05, 0) is 57.0 Å². The average Bonchev–Trinajstić information content (AvgIpc) is 3.18. The Morgan fingerprint density at radius 3 is 2.73 bits per heavy atom. The van der Waals surface area contributed by atoms with Gasteiger partial charge in [0.1, 0.15) is 5.69 Å². The topological polar surface area (TPSA) is 81.5 Å². The number of fused-ring (bicyclic) bond motifs is 2. The van der Waals surface area contributed by atoms with Crippen molar-refractivity contribution in [1.82, 2.24) is 9.55 Å². The fourth-order valence-electron chi connectivity index (χ4n) is 3.88. The minimum absolute atomic E-state index is 0.148. The van der Waals surface area contributed by atoms with Gasteiger partial charge in [-0.2, -0.15) is 0 Å². The van der Waals surface area contributed by atoms with Crippen molar-refractivity contribution in [2.24, 2.45) is 0 Å². The number of amides is 1. The molecular weight excluding hydrogens is 382 g/mol. The molecule has 7 heteroatoms. The molecule has 1 atom stereocenters. The molecule has 0 unspecified atom stereocenters. The Kier molecular flexibility index (Phi) is 5.11. The van der Waals surface area contributed by atoms with Gasteiger partial charge < -0.3 is 14.2 Å². The summed E-state index contributed by atoms with van der Waals surface area (Å²) in [6, 6.07) is 12.6. The predicted octanol–water partition coefficient (Wildman–Crippen LogP) is 2.86. The van der Waals surface area contributed by atoms with E-state index in [1.807, 2.05) is 31.2 Å². The number of aromatic nitrogens is 2. The molecule has 1 amide bonds. The van der Waals surface area contributed by atoms with Gasteiger partial charge in [0.2, 0.25) is 0 Å². The molecule has 0 N–H and O–H groups in total. The summed E-state index contributed by atoms with van der Waals surface area (Å²) in [5, 5.41) is 0. The number of ether oxygens (including phenoxy) is 1. The van der Waals surface area contributed by atoms with Gasteiger partial charge >= 0.3 is 5.97 Å². The Hall–Kier alpha value is -3.48. The minimum atomic E-state index is -0.918. The molecule has 154 valence electrons. The Morgan fingerprint density at radius 2 is 1.97 bits per heavy atom. The molecule has 0 radical (unpaired) electrons. The normalized spacial score (nSPS) is 13.9. The number of carbonyl (C=O) groups is 2. The number of carbonyl (C=O) groups excluding carboxylic acids is 2. The summed E-state index contributed by atoms with van der Waals surface area (Å²) in [7, 11) is 0. The molecule has 2 heterocycles. The highest BCUT2D eigenvalue weighted by Gasteiger charge is 2.30. The number of rotatable bonds is 4. The predicted molar refractivity (Wildman–Crippen MR) is 114 cm³/mol. The van der Waals surface area contributed by atoms with Gasteiger partial charge in [-0.3, -0.25) is 9.59 Å². The first-order valence-corrected chi connectivity index (χ1v) is 10.0. The van der Waals surface area contributed by atoms with Crippen LogP contribution in [0.25, 0.3) is 11.0 Å². The van der Waals surface area contributed by atoms with Crippen LogP contribution < -0.4 is 10.5 Å². The fraction of sp³-hybridized carbons (Fsp3) is 0.304. The lowest BCUT2D eigenvalue weighted by Gasteiger charge is -2.21. The monoisotopic (exact) mass is 405 g/mol. The Morgan fingerprint density at radius 1 is 1.20 bits per heavy atom. The van der Waals surface area contributed by atoms with Gasteiger partial charge in [0.05, 0.1) is 16.6 Å². The third-order valence-corrected chi connectivity index (χ3v) is 5.45. The Bertz CT molecular complexity index is 1210. The van der Waals surface area contributed by atoms with Crippen molar-refractivity contribution in [2.45, 2.75) is 39.8 Å². The molecule has 1 aliphatic heterocycles. The molecule has 3 aromatic rings. The van der Waals surface area contributed by atoms with Crippen LogP contribution in [0.3, 0.4) is 0 Å². The van der Waals surface area contributed by atoms with Crippen LogP contribution in [0, 0.1) is 6.92 Å². The molecule has 2 aromatic carbocycles. The molecule has 0 fully saturated rings. The maximum absolute atomic E-state index is 12.9. The number of hydrogen-bond acceptors (Lipinski definition) is 5. The van der Waals surface area contributed by atoms with E-state index in [-0.39, 0.29) is 17.0 Å². The second-order valence-electron chi connectivity index (χ2n) is 7.37. The average molecular weight is 405 g/mol. The lowest BCUT2D eigenvalue weighted by molar-refractivity contribution is -0.126. The third kappa shape index (κ3) is 3.36. The summed E-state index contributed by atoms with van der Waals surface area (Å²) < 4.78 is 7.07. The van der Waals surface area contributed by atoms with E-state index in [1.54, 1.807) is 41.5 Å². The maximum Gasteiger partial charge on any atom is 0.338 e. The molecule has 0 aliphatic carbocycles. The SMILES string of the molecule is CCn1c(=O)c(C)nc2cc(C(=O)O[C@H](C)C(=O)N3CCc4ccccc43)ccc21. The standard InChI is InChI=1S/C23H23N3O4/c1-4-25-20-10-9-17(13-18(20)24-14(2)21(25)27)23(29)30-15(3)22(28)26-12-11-16-7-5-6-8-19(16)26/h5-10,13,15H,4,11-12H2,1-3H3/t15-/m1/s1. The maximum atomic E-state index is 12.9. The number of esters is 1. The van der Waals surface area contributed by atoms with E-state index in [0.29, 0.717) is 29.8 Å². The van der Waals surface area contributed by atoms with Crippen molar-refractivity contribution in [3.8, 4) is 0 Å². The summed E-state index contributed by atoms with van der Waals surface area (Å²) in [6.45, 7) is 6.19. The highest BCUT2D eigenvalue weighted by Crippen LogP contribution is 2.28. The second-order valence-corrected chi connectivity index (χ2v) is 7.37. The van der Waals surface area contributed by atoms with Crippen molar-refractivity contribution in [2.75, 3.05) is 11.4 Å². The Labute approximate surface area is 173 Å². The molecule has 0 bridgehead atoms. The number of anilines is 1. The van der Waals surface area contributed by atoms with E-state index in [4.69, 9.17) is 4.74 Å². The lowest BCUT2D eigenvalue weighted by Crippen LogP contribution is -2.39. The van der Waals surface area contributed by atoms with Crippen LogP contribution >= 0.6 is 0 Å². The van der Waals surface area contributed by atoms with Crippen molar-refractivity contribution in [3.05, 3.63) is 69.6 Å². The Balaban J connectivity index is 1.55. The zero-order chi connectivity index (χ0) is 21.4. The number of para-hydroxylation sites is 1. The van der Waals surface area contributed by atoms with Crippen molar-refractivity contribution in [1.29, 1.82) is 0 Å². The molecule has 1 aromatic heterocycles. The zero-order valence-corrected chi connectivity index (χ0v) is 17.2. The lowest BCUT2D eigenvalue weighted by atomic mass is 10.1. The molecular formula is C23H23N3O4. The van der Waals surface area contributed by atoms with Crippen LogP contribution in [0.2, 0.25) is 0 Å². The first-order valence-electron chi connectivity index (χ1n) is 10.0. The highest BCUT2D eigenvalue weighted by molar-refractivity contribution is 6.01. The molecule has 7 nitrogen and oxygen atoms in total.